The Labute approximate surface area is 177 Å². The number of ether oxygens (including phenoxy) is 2. The summed E-state index contributed by atoms with van der Waals surface area (Å²) in [6, 6.07) is 14.0. The van der Waals surface area contributed by atoms with Crippen molar-refractivity contribution in [1.82, 2.24) is 9.78 Å². The van der Waals surface area contributed by atoms with Crippen molar-refractivity contribution in [2.75, 3.05) is 12.3 Å². The molecule has 0 amide bonds. The Bertz CT molecular complexity index is 1230. The zero-order valence-corrected chi connectivity index (χ0v) is 16.6. The van der Waals surface area contributed by atoms with Crippen molar-refractivity contribution in [2.45, 2.75) is 12.8 Å². The second-order valence-electron chi connectivity index (χ2n) is 6.84. The van der Waals surface area contributed by atoms with Crippen LogP contribution in [0.1, 0.15) is 22.7 Å². The van der Waals surface area contributed by atoms with Crippen molar-refractivity contribution >= 4 is 5.69 Å². The van der Waals surface area contributed by atoms with Gasteiger partial charge in [-0.05, 0) is 42.5 Å². The van der Waals surface area contributed by atoms with Crippen LogP contribution >= 0.6 is 0 Å². The second kappa shape index (κ2) is 7.56. The predicted molar refractivity (Wildman–Crippen MR) is 106 cm³/mol. The number of methoxy groups -OCH3 is 1. The Kier molecular flexibility index (Phi) is 4.90. The van der Waals surface area contributed by atoms with E-state index in [0.29, 0.717) is 22.7 Å². The Balaban J connectivity index is 1.99. The summed E-state index contributed by atoms with van der Waals surface area (Å²) in [5.41, 5.74) is 7.96. The molecule has 158 valence electrons. The Hall–Kier alpha value is -4.20. The summed E-state index contributed by atoms with van der Waals surface area (Å²) in [7, 11) is 1.28. The Morgan fingerprint density at radius 2 is 2.00 bits per heavy atom. The molecule has 0 unspecified atom stereocenters. The van der Waals surface area contributed by atoms with Crippen LogP contribution in [0, 0.1) is 18.3 Å². The molecule has 0 radical (unpaired) electrons. The highest BCUT2D eigenvalue weighted by atomic mass is 16.8. The van der Waals surface area contributed by atoms with Gasteiger partial charge >= 0.3 is 0 Å². The van der Waals surface area contributed by atoms with Crippen molar-refractivity contribution in [1.29, 1.82) is 5.26 Å². The minimum atomic E-state index is -0.778. The minimum Gasteiger partial charge on any atom is -0.868 e. The van der Waals surface area contributed by atoms with E-state index in [1.54, 1.807) is 11.6 Å². The van der Waals surface area contributed by atoms with Gasteiger partial charge in [0, 0.05) is 0 Å². The van der Waals surface area contributed by atoms with Crippen molar-refractivity contribution in [2.24, 2.45) is 5.73 Å². The third-order valence-corrected chi connectivity index (χ3v) is 5.06. The lowest BCUT2D eigenvalue weighted by Gasteiger charge is -2.27. The molecule has 2 heterocycles. The maximum absolute atomic E-state index is 12.4. The molecular formula is C21H18N5O5-. The van der Waals surface area contributed by atoms with E-state index in [2.05, 4.69) is 11.2 Å². The van der Waals surface area contributed by atoms with Crippen LogP contribution < -0.4 is 25.5 Å². The quantitative estimate of drug-likeness (QED) is 0.538. The van der Waals surface area contributed by atoms with Crippen LogP contribution in [0.2, 0.25) is 0 Å². The average molecular weight is 420 g/mol. The predicted octanol–water partition coefficient (Wildman–Crippen LogP) is 2.07. The number of rotatable bonds is 4. The highest BCUT2D eigenvalue weighted by Gasteiger charge is 2.36. The third kappa shape index (κ3) is 3.18. The molecule has 0 saturated carbocycles. The van der Waals surface area contributed by atoms with E-state index in [1.807, 2.05) is 30.3 Å². The molecule has 0 aliphatic carbocycles. The maximum Gasteiger partial charge on any atom is 0.229 e. The SMILES string of the molecule is COc1cc([C@H]2C(C#N)=C(N)Oc3c2c(C)nn3-c2ccccc2)cc(N(O)O)c1[O-]. The van der Waals surface area contributed by atoms with Crippen molar-refractivity contribution in [3.63, 3.8) is 0 Å². The summed E-state index contributed by atoms with van der Waals surface area (Å²) in [5.74, 6) is -1.43. The van der Waals surface area contributed by atoms with Gasteiger partial charge in [-0.2, -0.15) is 10.4 Å². The first-order valence-corrected chi connectivity index (χ1v) is 9.16. The number of hydrogen-bond acceptors (Lipinski definition) is 9. The second-order valence-corrected chi connectivity index (χ2v) is 6.84. The molecule has 1 atom stereocenters. The van der Waals surface area contributed by atoms with Crippen LogP contribution in [0.25, 0.3) is 5.69 Å². The summed E-state index contributed by atoms with van der Waals surface area (Å²) in [6.07, 6.45) is 0. The number of fused-ring (bicyclic) bond motifs is 1. The number of nitrogens with two attached hydrogens (primary N) is 1. The lowest BCUT2D eigenvalue weighted by Crippen LogP contribution is -2.22. The van der Waals surface area contributed by atoms with Crippen molar-refractivity contribution in [3.05, 3.63) is 70.7 Å². The molecule has 0 spiro atoms. The molecular weight excluding hydrogens is 402 g/mol. The molecule has 31 heavy (non-hydrogen) atoms. The number of aryl methyl sites for hydroxylation is 1. The van der Waals surface area contributed by atoms with Crippen LogP contribution in [0.4, 0.5) is 5.69 Å². The van der Waals surface area contributed by atoms with E-state index in [4.69, 9.17) is 15.2 Å². The lowest BCUT2D eigenvalue weighted by atomic mass is 9.83. The van der Waals surface area contributed by atoms with Gasteiger partial charge in [0.2, 0.25) is 11.8 Å². The van der Waals surface area contributed by atoms with E-state index in [9.17, 15) is 20.8 Å². The van der Waals surface area contributed by atoms with Gasteiger partial charge in [-0.15, -0.1) is 5.23 Å². The van der Waals surface area contributed by atoms with Gasteiger partial charge in [0.25, 0.3) is 0 Å². The summed E-state index contributed by atoms with van der Waals surface area (Å²) < 4.78 is 12.5. The van der Waals surface area contributed by atoms with Gasteiger partial charge in [-0.25, -0.2) is 4.68 Å². The molecule has 4 rings (SSSR count). The zero-order valence-electron chi connectivity index (χ0n) is 16.6. The summed E-state index contributed by atoms with van der Waals surface area (Å²) in [4.78, 5) is 0. The normalized spacial score (nSPS) is 15.1. The standard InChI is InChI=1S/C21H19N5O5/c1-11-17-18(12-8-15(26(28)29)19(27)16(9-12)30-2)14(10-22)20(23)31-21(17)25(24-11)13-6-4-3-5-7-13/h3-9,18,27-29H,23H2,1-2H3/p-1/t18-/m0/s1. The molecule has 0 saturated heterocycles. The fourth-order valence-corrected chi connectivity index (χ4v) is 3.67. The van der Waals surface area contributed by atoms with Crippen LogP contribution in [-0.4, -0.2) is 27.3 Å². The molecule has 1 aliphatic heterocycles. The van der Waals surface area contributed by atoms with Crippen LogP contribution in [0.5, 0.6) is 17.4 Å². The van der Waals surface area contributed by atoms with Crippen LogP contribution in [0.3, 0.4) is 0 Å². The van der Waals surface area contributed by atoms with E-state index >= 15 is 0 Å². The van der Waals surface area contributed by atoms with Crippen molar-refractivity contribution < 1.29 is 25.0 Å². The molecule has 0 bridgehead atoms. The van der Waals surface area contributed by atoms with Gasteiger partial charge in [0.15, 0.2) is 0 Å². The smallest absolute Gasteiger partial charge is 0.229 e. The number of nitriles is 1. The van der Waals surface area contributed by atoms with Gasteiger partial charge in [0.05, 0.1) is 35.7 Å². The van der Waals surface area contributed by atoms with Gasteiger partial charge < -0.3 is 20.3 Å². The third-order valence-electron chi connectivity index (χ3n) is 5.06. The average Bonchev–Trinajstić information content (AvgIpc) is 3.09. The number of hydrogen-bond donors (Lipinski definition) is 3. The number of benzene rings is 2. The van der Waals surface area contributed by atoms with Gasteiger partial charge in [-0.1, -0.05) is 18.2 Å². The van der Waals surface area contributed by atoms with E-state index in [0.717, 1.165) is 5.69 Å². The molecule has 10 heteroatoms. The fourth-order valence-electron chi connectivity index (χ4n) is 3.67. The number of aromatic nitrogens is 2. The molecule has 3 aromatic rings. The minimum absolute atomic E-state index is 0.0947. The Morgan fingerprint density at radius 3 is 2.61 bits per heavy atom. The van der Waals surface area contributed by atoms with Gasteiger partial charge in [-0.3, -0.25) is 10.4 Å². The highest BCUT2D eigenvalue weighted by molar-refractivity contribution is 5.66. The highest BCUT2D eigenvalue weighted by Crippen LogP contribution is 2.47. The monoisotopic (exact) mass is 420 g/mol. The lowest BCUT2D eigenvalue weighted by molar-refractivity contribution is -0.270. The van der Waals surface area contributed by atoms with E-state index < -0.39 is 17.4 Å². The molecule has 10 nitrogen and oxygen atoms in total. The number of para-hydroxylation sites is 1. The molecule has 1 aromatic heterocycles. The van der Waals surface area contributed by atoms with E-state index in [-0.39, 0.29) is 22.4 Å². The molecule has 1 aliphatic rings. The van der Waals surface area contributed by atoms with Gasteiger partial charge in [0.1, 0.15) is 17.4 Å². The molecule has 4 N–H and O–H groups in total. The van der Waals surface area contributed by atoms with Crippen LogP contribution in [0.15, 0.2) is 53.9 Å². The molecule has 2 aromatic carbocycles. The van der Waals surface area contributed by atoms with E-state index in [1.165, 1.54) is 19.2 Å². The first-order valence-electron chi connectivity index (χ1n) is 9.16. The summed E-state index contributed by atoms with van der Waals surface area (Å²) >= 11 is 0. The fraction of sp³-hybridized carbons (Fsp3) is 0.143. The molecule has 0 fully saturated rings. The first-order chi connectivity index (χ1) is 14.9. The van der Waals surface area contributed by atoms with Crippen LogP contribution in [-0.2, 0) is 0 Å². The topological polar surface area (TPSA) is 153 Å². The maximum atomic E-state index is 12.4. The zero-order chi connectivity index (χ0) is 22.3. The Morgan fingerprint density at radius 1 is 1.29 bits per heavy atom. The van der Waals surface area contributed by atoms with Crippen molar-refractivity contribution in [3.8, 4) is 29.1 Å². The largest absolute Gasteiger partial charge is 0.868 e. The first kappa shape index (κ1) is 20.1. The number of anilines is 1. The summed E-state index contributed by atoms with van der Waals surface area (Å²) in [6.45, 7) is 1.76. The summed E-state index contributed by atoms with van der Waals surface area (Å²) in [5, 5.41) is 45.5. The number of allylic oxidation sites excluding steroid dienone is 1. The number of nitrogens with zero attached hydrogens (tertiary/aromatic N) is 4.